The van der Waals surface area contributed by atoms with Crippen LogP contribution in [0.15, 0.2) is 152 Å². The molecule has 1 atom stereocenters. The molecule has 1 aliphatic rings. The Kier molecular flexibility index (Phi) is 6.02. The average Bonchev–Trinajstić information content (AvgIpc) is 3.70. The van der Waals surface area contributed by atoms with Gasteiger partial charge in [0.1, 0.15) is 0 Å². The second-order valence-corrected chi connectivity index (χ2v) is 13.7. The van der Waals surface area contributed by atoms with Crippen molar-refractivity contribution >= 4 is 59.0 Å². The molecule has 3 heterocycles. The van der Waals surface area contributed by atoms with E-state index < -0.39 is 0 Å². The molecule has 0 spiro atoms. The summed E-state index contributed by atoms with van der Waals surface area (Å²) in [4.78, 5) is 10.6. The first-order chi connectivity index (χ1) is 23.7. The van der Waals surface area contributed by atoms with Gasteiger partial charge in [-0.1, -0.05) is 134 Å². The van der Waals surface area contributed by atoms with Gasteiger partial charge in [-0.3, -0.25) is 4.57 Å². The predicted molar refractivity (Wildman–Crippen MR) is 202 cm³/mol. The smallest absolute Gasteiger partial charge is 0.162 e. The van der Waals surface area contributed by atoms with Crippen molar-refractivity contribution < 1.29 is 0 Å². The molecule has 6 aromatic carbocycles. The number of rotatable bonds is 4. The third kappa shape index (κ3) is 4.06. The minimum Gasteiger partial charge on any atom is -0.292 e. The standard InChI is InChI=1S/C44H29N3S/c1-27(37-26-30-12-2-3-13-31(30)32-14-4-5-15-33(32)37)28-22-24-29(25-23-28)43-45-41-36-18-8-11-21-40(36)48-42(41)44(46-43)47-38-19-9-6-16-34(38)35-17-7-10-20-39(35)47/h2-25,37H,1,26H2. The number of thiophene rings is 1. The van der Waals surface area contributed by atoms with Gasteiger partial charge in [0.05, 0.1) is 21.3 Å². The zero-order valence-electron chi connectivity index (χ0n) is 26.1. The second-order valence-electron chi connectivity index (χ2n) is 12.6. The van der Waals surface area contributed by atoms with E-state index in [0.717, 1.165) is 61.4 Å². The highest BCUT2D eigenvalue weighted by Gasteiger charge is 2.27. The number of fused-ring (bicyclic) bond motifs is 9. The molecule has 226 valence electrons. The van der Waals surface area contributed by atoms with Gasteiger partial charge in [0, 0.05) is 32.3 Å². The molecule has 0 fully saturated rings. The predicted octanol–water partition coefficient (Wildman–Crippen LogP) is 11.6. The van der Waals surface area contributed by atoms with Gasteiger partial charge < -0.3 is 0 Å². The van der Waals surface area contributed by atoms with E-state index in [4.69, 9.17) is 9.97 Å². The third-order valence-electron chi connectivity index (χ3n) is 10.00. The largest absolute Gasteiger partial charge is 0.292 e. The molecule has 0 bridgehead atoms. The number of hydrogen-bond donors (Lipinski definition) is 0. The quantitative estimate of drug-likeness (QED) is 0.193. The van der Waals surface area contributed by atoms with Gasteiger partial charge in [-0.05, 0) is 58.0 Å². The molecule has 0 saturated heterocycles. The Hall–Kier alpha value is -5.84. The first kappa shape index (κ1) is 27.3. The van der Waals surface area contributed by atoms with Gasteiger partial charge in [0.25, 0.3) is 0 Å². The summed E-state index contributed by atoms with van der Waals surface area (Å²) < 4.78 is 4.62. The van der Waals surface area contributed by atoms with E-state index in [9.17, 15) is 0 Å². The summed E-state index contributed by atoms with van der Waals surface area (Å²) in [5, 5.41) is 3.60. The Balaban J connectivity index is 1.12. The first-order valence-corrected chi connectivity index (χ1v) is 17.2. The van der Waals surface area contributed by atoms with E-state index in [-0.39, 0.29) is 5.92 Å². The van der Waals surface area contributed by atoms with Crippen LogP contribution in [0.4, 0.5) is 0 Å². The maximum Gasteiger partial charge on any atom is 0.162 e. The fraction of sp³-hybridized carbons (Fsp3) is 0.0455. The van der Waals surface area contributed by atoms with Gasteiger partial charge in [0.2, 0.25) is 0 Å². The molecule has 10 rings (SSSR count). The van der Waals surface area contributed by atoms with Crippen LogP contribution >= 0.6 is 11.3 Å². The summed E-state index contributed by atoms with van der Waals surface area (Å²) >= 11 is 1.76. The van der Waals surface area contributed by atoms with Gasteiger partial charge in [-0.15, -0.1) is 11.3 Å². The molecule has 0 N–H and O–H groups in total. The first-order valence-electron chi connectivity index (χ1n) is 16.4. The van der Waals surface area contributed by atoms with Crippen molar-refractivity contribution in [2.45, 2.75) is 12.3 Å². The number of nitrogens with zero attached hydrogens (tertiary/aromatic N) is 3. The van der Waals surface area contributed by atoms with E-state index in [1.165, 1.54) is 37.7 Å². The molecule has 1 aliphatic carbocycles. The van der Waals surface area contributed by atoms with Crippen molar-refractivity contribution in [1.82, 2.24) is 14.5 Å². The zero-order valence-corrected chi connectivity index (χ0v) is 26.9. The lowest BCUT2D eigenvalue weighted by atomic mass is 9.74. The normalized spacial score (nSPS) is 14.0. The summed E-state index contributed by atoms with van der Waals surface area (Å²) in [6.45, 7) is 4.66. The maximum atomic E-state index is 5.37. The lowest BCUT2D eigenvalue weighted by Gasteiger charge is -2.29. The van der Waals surface area contributed by atoms with E-state index in [2.05, 4.69) is 157 Å². The number of para-hydroxylation sites is 2. The van der Waals surface area contributed by atoms with E-state index in [1.807, 2.05) is 0 Å². The van der Waals surface area contributed by atoms with Gasteiger partial charge in [-0.25, -0.2) is 9.97 Å². The highest BCUT2D eigenvalue weighted by Crippen LogP contribution is 2.45. The monoisotopic (exact) mass is 631 g/mol. The third-order valence-corrected chi connectivity index (χ3v) is 11.2. The van der Waals surface area contributed by atoms with Crippen LogP contribution in [0.5, 0.6) is 0 Å². The van der Waals surface area contributed by atoms with Crippen molar-refractivity contribution in [2.75, 3.05) is 0 Å². The molecule has 9 aromatic rings. The minimum atomic E-state index is 0.216. The molecule has 48 heavy (non-hydrogen) atoms. The van der Waals surface area contributed by atoms with Crippen molar-refractivity contribution in [3.05, 3.63) is 169 Å². The maximum absolute atomic E-state index is 5.37. The van der Waals surface area contributed by atoms with Crippen molar-refractivity contribution in [2.24, 2.45) is 0 Å². The van der Waals surface area contributed by atoms with E-state index in [1.54, 1.807) is 11.3 Å². The summed E-state index contributed by atoms with van der Waals surface area (Å²) in [5.41, 5.74) is 11.9. The summed E-state index contributed by atoms with van der Waals surface area (Å²) in [6.07, 6.45) is 0.945. The van der Waals surface area contributed by atoms with Crippen LogP contribution in [0.3, 0.4) is 0 Å². The lowest BCUT2D eigenvalue weighted by molar-refractivity contribution is 0.842. The highest BCUT2D eigenvalue weighted by molar-refractivity contribution is 7.26. The molecule has 4 heteroatoms. The lowest BCUT2D eigenvalue weighted by Crippen LogP contribution is -2.12. The van der Waals surface area contributed by atoms with Crippen LogP contribution in [-0.2, 0) is 6.42 Å². The molecule has 0 saturated carbocycles. The average molecular weight is 632 g/mol. The van der Waals surface area contributed by atoms with Crippen LogP contribution in [-0.4, -0.2) is 14.5 Å². The molecular formula is C44H29N3S. The number of hydrogen-bond acceptors (Lipinski definition) is 3. The molecule has 0 amide bonds. The summed E-state index contributed by atoms with van der Waals surface area (Å²) in [5.74, 6) is 1.85. The molecular weight excluding hydrogens is 603 g/mol. The molecule has 1 unspecified atom stereocenters. The number of benzene rings is 6. The molecule has 3 aromatic heterocycles. The van der Waals surface area contributed by atoms with E-state index in [0.29, 0.717) is 0 Å². The van der Waals surface area contributed by atoms with Gasteiger partial charge >= 0.3 is 0 Å². The van der Waals surface area contributed by atoms with Crippen LogP contribution in [0.1, 0.15) is 22.6 Å². The molecule has 0 radical (unpaired) electrons. The SMILES string of the molecule is C=C(c1ccc(-c2nc(-n3c4ccccc4c4ccccc43)c3sc4ccccc4c3n2)cc1)C1Cc2ccccc2-c2ccccc21. The van der Waals surface area contributed by atoms with Crippen LogP contribution in [0.25, 0.3) is 76.0 Å². The van der Waals surface area contributed by atoms with Gasteiger partial charge in [0.15, 0.2) is 11.6 Å². The Morgan fingerprint density at radius 2 is 1.25 bits per heavy atom. The Morgan fingerprint density at radius 3 is 2.02 bits per heavy atom. The van der Waals surface area contributed by atoms with Crippen LogP contribution in [0, 0.1) is 0 Å². The number of aromatic nitrogens is 3. The molecule has 0 aliphatic heterocycles. The Bertz CT molecular complexity index is 2680. The number of allylic oxidation sites excluding steroid dienone is 1. The van der Waals surface area contributed by atoms with Crippen LogP contribution < -0.4 is 0 Å². The van der Waals surface area contributed by atoms with Crippen molar-refractivity contribution in [1.29, 1.82) is 0 Å². The fourth-order valence-electron chi connectivity index (χ4n) is 7.69. The topological polar surface area (TPSA) is 30.7 Å². The minimum absolute atomic E-state index is 0.216. The highest BCUT2D eigenvalue weighted by atomic mass is 32.1. The molecule has 3 nitrogen and oxygen atoms in total. The van der Waals surface area contributed by atoms with Crippen molar-refractivity contribution in [3.63, 3.8) is 0 Å². The van der Waals surface area contributed by atoms with Crippen molar-refractivity contribution in [3.8, 4) is 28.3 Å². The van der Waals surface area contributed by atoms with Gasteiger partial charge in [-0.2, -0.15) is 0 Å². The Labute approximate surface area is 282 Å². The fourth-order valence-corrected chi connectivity index (χ4v) is 8.81. The van der Waals surface area contributed by atoms with E-state index >= 15 is 0 Å². The Morgan fingerprint density at radius 1 is 0.625 bits per heavy atom. The zero-order chi connectivity index (χ0) is 31.8. The second kappa shape index (κ2) is 10.6. The van der Waals surface area contributed by atoms with Crippen LogP contribution in [0.2, 0.25) is 0 Å². The summed E-state index contributed by atoms with van der Waals surface area (Å²) in [7, 11) is 0. The summed E-state index contributed by atoms with van der Waals surface area (Å²) in [6, 6.07) is 52.0.